The van der Waals surface area contributed by atoms with E-state index in [0.29, 0.717) is 6.42 Å². The number of sulfone groups is 1. The molecule has 0 saturated carbocycles. The molecule has 0 amide bonds. The van der Waals surface area contributed by atoms with Gasteiger partial charge >= 0.3 is 0 Å². The molecule has 0 aliphatic heterocycles. The maximum Gasteiger partial charge on any atom is 0.147 e. The summed E-state index contributed by atoms with van der Waals surface area (Å²) in [6.07, 6.45) is 1.35. The molecule has 1 N–H and O–H groups in total. The van der Waals surface area contributed by atoms with E-state index in [1.54, 1.807) is 0 Å². The number of hydrogen-bond acceptors (Lipinski definition) is 3. The molecule has 2 aromatic rings. The Labute approximate surface area is 113 Å². The maximum absolute atomic E-state index is 11.1. The Balaban J connectivity index is 2.04. The Morgan fingerprint density at radius 3 is 2.47 bits per heavy atom. The molecule has 0 heterocycles. The molecule has 0 aromatic heterocycles. The zero-order chi connectivity index (χ0) is 13.9. The molecule has 0 radical (unpaired) electrons. The molecule has 2 aromatic carbocycles. The smallest absolute Gasteiger partial charge is 0.147 e. The molecular formula is C15H18O3S. The number of fused-ring (bicyclic) bond motifs is 1. The summed E-state index contributed by atoms with van der Waals surface area (Å²) >= 11 is 0. The first-order valence-corrected chi connectivity index (χ1v) is 8.33. The molecule has 0 spiro atoms. The lowest BCUT2D eigenvalue weighted by molar-refractivity contribution is 0.171. The van der Waals surface area contributed by atoms with Gasteiger partial charge in [0.05, 0.1) is 11.9 Å². The average Bonchev–Trinajstić information content (AvgIpc) is 2.35. The van der Waals surface area contributed by atoms with Crippen molar-refractivity contribution < 1.29 is 13.5 Å². The first kappa shape index (κ1) is 14.0. The van der Waals surface area contributed by atoms with Gasteiger partial charge in [0.15, 0.2) is 0 Å². The highest BCUT2D eigenvalue weighted by Crippen LogP contribution is 2.17. The van der Waals surface area contributed by atoms with Gasteiger partial charge in [0.25, 0.3) is 0 Å². The van der Waals surface area contributed by atoms with Crippen LogP contribution in [-0.2, 0) is 16.3 Å². The molecular weight excluding hydrogens is 260 g/mol. The van der Waals surface area contributed by atoms with Gasteiger partial charge in [-0.25, -0.2) is 8.42 Å². The molecule has 0 fully saturated rings. The fourth-order valence-corrected chi connectivity index (χ4v) is 2.79. The van der Waals surface area contributed by atoms with E-state index in [9.17, 15) is 13.5 Å². The summed E-state index contributed by atoms with van der Waals surface area (Å²) in [5.41, 5.74) is 1.03. The van der Waals surface area contributed by atoms with E-state index in [-0.39, 0.29) is 12.2 Å². The molecule has 2 rings (SSSR count). The van der Waals surface area contributed by atoms with Crippen LogP contribution in [-0.4, -0.2) is 31.6 Å². The van der Waals surface area contributed by atoms with E-state index < -0.39 is 15.9 Å². The third kappa shape index (κ3) is 4.33. The van der Waals surface area contributed by atoms with Crippen LogP contribution in [0.4, 0.5) is 0 Å². The predicted molar refractivity (Wildman–Crippen MR) is 78.0 cm³/mol. The monoisotopic (exact) mass is 278 g/mol. The number of aliphatic hydroxyl groups is 1. The van der Waals surface area contributed by atoms with Crippen LogP contribution in [0.3, 0.4) is 0 Å². The van der Waals surface area contributed by atoms with Crippen LogP contribution >= 0.6 is 0 Å². The predicted octanol–water partition coefficient (Wildman–Crippen LogP) is 2.18. The Kier molecular flexibility index (Phi) is 4.22. The van der Waals surface area contributed by atoms with Crippen LogP contribution in [0.5, 0.6) is 0 Å². The largest absolute Gasteiger partial charge is 0.393 e. The second-order valence-corrected chi connectivity index (χ2v) is 7.22. The molecule has 0 bridgehead atoms. The van der Waals surface area contributed by atoms with Gasteiger partial charge in [0.2, 0.25) is 0 Å². The average molecular weight is 278 g/mol. The number of benzene rings is 2. The molecule has 1 atom stereocenters. The summed E-state index contributed by atoms with van der Waals surface area (Å²) < 4.78 is 22.1. The van der Waals surface area contributed by atoms with E-state index >= 15 is 0 Å². The van der Waals surface area contributed by atoms with E-state index in [1.165, 1.54) is 6.26 Å². The summed E-state index contributed by atoms with van der Waals surface area (Å²) in [6, 6.07) is 14.1. The normalized spacial score (nSPS) is 13.6. The molecule has 19 heavy (non-hydrogen) atoms. The Hall–Kier alpha value is -1.39. The summed E-state index contributed by atoms with van der Waals surface area (Å²) in [5, 5.41) is 12.2. The fourth-order valence-electron chi connectivity index (χ4n) is 2.09. The Morgan fingerprint density at radius 2 is 1.79 bits per heavy atom. The second-order valence-electron chi connectivity index (χ2n) is 4.96. The van der Waals surface area contributed by atoms with Crippen molar-refractivity contribution in [2.45, 2.75) is 18.9 Å². The molecule has 4 heteroatoms. The minimum Gasteiger partial charge on any atom is -0.393 e. The highest BCUT2D eigenvalue weighted by atomic mass is 32.2. The summed E-state index contributed by atoms with van der Waals surface area (Å²) in [5.74, 6) is 0.0295. The third-order valence-corrected chi connectivity index (χ3v) is 4.08. The van der Waals surface area contributed by atoms with Gasteiger partial charge in [-0.15, -0.1) is 0 Å². The van der Waals surface area contributed by atoms with Crippen molar-refractivity contribution >= 4 is 20.6 Å². The lowest BCUT2D eigenvalue weighted by Crippen LogP contribution is -2.16. The molecule has 1 unspecified atom stereocenters. The summed E-state index contributed by atoms with van der Waals surface area (Å²) in [4.78, 5) is 0. The maximum atomic E-state index is 11.1. The molecule has 0 aliphatic rings. The van der Waals surface area contributed by atoms with Crippen LogP contribution < -0.4 is 0 Å². The highest BCUT2D eigenvalue weighted by molar-refractivity contribution is 7.90. The van der Waals surface area contributed by atoms with Crippen LogP contribution in [0.25, 0.3) is 10.8 Å². The van der Waals surface area contributed by atoms with Crippen LogP contribution in [0.2, 0.25) is 0 Å². The van der Waals surface area contributed by atoms with Gasteiger partial charge in [-0.1, -0.05) is 42.5 Å². The van der Waals surface area contributed by atoms with Crippen LogP contribution in [0.1, 0.15) is 12.0 Å². The van der Waals surface area contributed by atoms with Gasteiger partial charge < -0.3 is 5.11 Å². The van der Waals surface area contributed by atoms with Gasteiger partial charge in [-0.05, 0) is 29.2 Å². The molecule has 102 valence electrons. The van der Waals surface area contributed by atoms with E-state index in [4.69, 9.17) is 0 Å². The van der Waals surface area contributed by atoms with E-state index in [2.05, 4.69) is 0 Å². The van der Waals surface area contributed by atoms with Gasteiger partial charge in [0.1, 0.15) is 9.84 Å². The fraction of sp³-hybridized carbons (Fsp3) is 0.333. The lowest BCUT2D eigenvalue weighted by Gasteiger charge is -2.10. The number of hydrogen-bond donors (Lipinski definition) is 1. The van der Waals surface area contributed by atoms with Crippen LogP contribution in [0.15, 0.2) is 42.5 Å². The molecule has 0 aliphatic carbocycles. The van der Waals surface area contributed by atoms with Crippen LogP contribution in [0, 0.1) is 0 Å². The standard InChI is InChI=1S/C15H18O3S/c1-19(17,18)9-8-15(16)11-12-6-7-13-4-2-3-5-14(13)10-12/h2-7,10,15-16H,8-9,11H2,1H3. The van der Waals surface area contributed by atoms with E-state index in [1.807, 2.05) is 42.5 Å². The number of aliphatic hydroxyl groups excluding tert-OH is 1. The highest BCUT2D eigenvalue weighted by Gasteiger charge is 2.10. The number of rotatable bonds is 5. The van der Waals surface area contributed by atoms with Crippen molar-refractivity contribution in [2.75, 3.05) is 12.0 Å². The zero-order valence-electron chi connectivity index (χ0n) is 10.9. The third-order valence-electron chi connectivity index (χ3n) is 3.11. The SMILES string of the molecule is CS(=O)(=O)CCC(O)Cc1ccc2ccccc2c1. The van der Waals surface area contributed by atoms with Crippen molar-refractivity contribution in [1.82, 2.24) is 0 Å². The van der Waals surface area contributed by atoms with Gasteiger partial charge in [-0.2, -0.15) is 0 Å². The molecule has 3 nitrogen and oxygen atoms in total. The Morgan fingerprint density at radius 1 is 1.11 bits per heavy atom. The lowest BCUT2D eigenvalue weighted by atomic mass is 10.0. The van der Waals surface area contributed by atoms with Crippen molar-refractivity contribution in [3.63, 3.8) is 0 Å². The van der Waals surface area contributed by atoms with Gasteiger partial charge in [-0.3, -0.25) is 0 Å². The van der Waals surface area contributed by atoms with Crippen molar-refractivity contribution in [3.8, 4) is 0 Å². The van der Waals surface area contributed by atoms with Crippen molar-refractivity contribution in [1.29, 1.82) is 0 Å². The summed E-state index contributed by atoms with van der Waals surface area (Å²) in [7, 11) is -3.01. The minimum atomic E-state index is -3.01. The molecule has 0 saturated heterocycles. The minimum absolute atomic E-state index is 0.0295. The Bertz CT molecular complexity index is 662. The second kappa shape index (κ2) is 5.72. The zero-order valence-corrected chi connectivity index (χ0v) is 11.7. The van der Waals surface area contributed by atoms with Gasteiger partial charge in [0, 0.05) is 6.26 Å². The van der Waals surface area contributed by atoms with Crippen molar-refractivity contribution in [3.05, 3.63) is 48.0 Å². The topological polar surface area (TPSA) is 54.4 Å². The van der Waals surface area contributed by atoms with Crippen molar-refractivity contribution in [2.24, 2.45) is 0 Å². The first-order valence-electron chi connectivity index (χ1n) is 6.27. The summed E-state index contributed by atoms with van der Waals surface area (Å²) in [6.45, 7) is 0. The van der Waals surface area contributed by atoms with E-state index in [0.717, 1.165) is 16.3 Å². The quantitative estimate of drug-likeness (QED) is 0.912. The first-order chi connectivity index (χ1) is 8.94.